The number of hydrogen-bond donors (Lipinski definition) is 1. The van der Waals surface area contributed by atoms with Crippen LogP contribution in [0.15, 0.2) is 215 Å². The third kappa shape index (κ3) is 6.10. The first-order valence-electron chi connectivity index (χ1n) is 21.2. The normalized spacial score (nSPS) is 14.2. The third-order valence-corrected chi connectivity index (χ3v) is 14.7. The highest BCUT2D eigenvalue weighted by atomic mass is 32.1. The molecule has 13 rings (SSSR count). The van der Waals surface area contributed by atoms with Crippen molar-refractivity contribution in [3.05, 3.63) is 217 Å². The molecule has 0 saturated heterocycles. The quantitative estimate of drug-likeness (QED) is 0.181. The largest absolute Gasteiger partial charge is 0.455 e. The molecule has 0 bridgehead atoms. The number of nitrogens with one attached hydrogen (secondary N) is 1. The van der Waals surface area contributed by atoms with Crippen LogP contribution in [0.2, 0.25) is 0 Å². The summed E-state index contributed by atoms with van der Waals surface area (Å²) in [7, 11) is 0. The fourth-order valence-electron chi connectivity index (χ4n) is 9.29. The van der Waals surface area contributed by atoms with E-state index in [0.29, 0.717) is 5.84 Å². The summed E-state index contributed by atoms with van der Waals surface area (Å²) >= 11 is 3.68. The van der Waals surface area contributed by atoms with Gasteiger partial charge in [0.05, 0.1) is 0 Å². The number of hydrogen-bond acceptors (Lipinski definition) is 6. The highest BCUT2D eigenvalue weighted by molar-refractivity contribution is 7.26. The molecule has 12 aromatic rings. The maximum absolute atomic E-state index is 7.03. The molecular formula is C57H35N3OS2. The fraction of sp³-hybridized carbons (Fsp3) is 0.0175. The molecule has 0 fully saturated rings. The van der Waals surface area contributed by atoms with Crippen molar-refractivity contribution in [2.75, 3.05) is 0 Å². The van der Waals surface area contributed by atoms with E-state index in [0.717, 1.165) is 72.3 Å². The van der Waals surface area contributed by atoms with Gasteiger partial charge in [0.15, 0.2) is 5.84 Å². The van der Waals surface area contributed by atoms with E-state index in [-0.39, 0.29) is 0 Å². The van der Waals surface area contributed by atoms with Gasteiger partial charge in [-0.25, -0.2) is 9.98 Å². The molecule has 9 aromatic carbocycles. The molecule has 1 unspecified atom stereocenters. The molecule has 1 aliphatic rings. The molecule has 63 heavy (non-hydrogen) atoms. The van der Waals surface area contributed by atoms with Gasteiger partial charge in [-0.15, -0.1) is 22.7 Å². The average Bonchev–Trinajstić information content (AvgIpc) is 4.05. The Balaban J connectivity index is 1.02. The molecule has 4 nitrogen and oxygen atoms in total. The number of fused-ring (bicyclic) bond motifs is 9. The van der Waals surface area contributed by atoms with E-state index in [1.807, 2.05) is 46.9 Å². The zero-order valence-electron chi connectivity index (χ0n) is 33.7. The predicted octanol–water partition coefficient (Wildman–Crippen LogP) is 15.8. The van der Waals surface area contributed by atoms with Crippen LogP contribution in [0.4, 0.5) is 0 Å². The molecule has 1 aliphatic heterocycles. The van der Waals surface area contributed by atoms with Gasteiger partial charge in [0.2, 0.25) is 0 Å². The summed E-state index contributed by atoms with van der Waals surface area (Å²) in [6.45, 7) is 0. The summed E-state index contributed by atoms with van der Waals surface area (Å²) in [5, 5.41) is 11.0. The van der Waals surface area contributed by atoms with Crippen molar-refractivity contribution in [2.45, 2.75) is 6.17 Å². The third-order valence-electron chi connectivity index (χ3n) is 12.4. The van der Waals surface area contributed by atoms with E-state index in [9.17, 15) is 0 Å². The van der Waals surface area contributed by atoms with Crippen LogP contribution in [0.5, 0.6) is 0 Å². The predicted molar refractivity (Wildman–Crippen MR) is 268 cm³/mol. The lowest BCUT2D eigenvalue weighted by Crippen LogP contribution is -2.33. The Labute approximate surface area is 370 Å². The lowest BCUT2D eigenvalue weighted by Gasteiger charge is -2.24. The molecule has 0 saturated carbocycles. The van der Waals surface area contributed by atoms with E-state index >= 15 is 0 Å². The molecule has 296 valence electrons. The number of furan rings is 1. The summed E-state index contributed by atoms with van der Waals surface area (Å²) < 4.78 is 12.2. The number of aliphatic imine (C=N–C) groups is 2. The van der Waals surface area contributed by atoms with Crippen LogP contribution in [0.25, 0.3) is 95.7 Å². The minimum atomic E-state index is -0.444. The fourth-order valence-corrected chi connectivity index (χ4v) is 11.5. The zero-order chi connectivity index (χ0) is 41.4. The van der Waals surface area contributed by atoms with Crippen LogP contribution in [0.3, 0.4) is 0 Å². The summed E-state index contributed by atoms with van der Waals surface area (Å²) in [4.78, 5) is 10.5. The van der Waals surface area contributed by atoms with E-state index in [1.54, 1.807) is 0 Å². The number of nitrogens with zero attached hydrogens (tertiary/aromatic N) is 2. The second-order valence-corrected chi connectivity index (χ2v) is 18.3. The summed E-state index contributed by atoms with van der Waals surface area (Å²) in [6, 6.07) is 71.5. The highest BCUT2D eigenvalue weighted by Crippen LogP contribution is 2.45. The minimum Gasteiger partial charge on any atom is -0.455 e. The molecule has 4 heterocycles. The summed E-state index contributed by atoms with van der Waals surface area (Å²) in [6.07, 6.45) is -0.444. The second kappa shape index (κ2) is 14.5. The van der Waals surface area contributed by atoms with Gasteiger partial charge < -0.3 is 9.73 Å². The maximum Gasteiger partial charge on any atom is 0.159 e. The van der Waals surface area contributed by atoms with Gasteiger partial charge in [-0.05, 0) is 82.4 Å². The number of rotatable bonds is 6. The van der Waals surface area contributed by atoms with E-state index in [4.69, 9.17) is 14.4 Å². The Morgan fingerprint density at radius 2 is 0.968 bits per heavy atom. The Morgan fingerprint density at radius 3 is 1.68 bits per heavy atom. The van der Waals surface area contributed by atoms with Gasteiger partial charge in [0.1, 0.15) is 23.2 Å². The minimum absolute atomic E-state index is 0.444. The Morgan fingerprint density at radius 1 is 0.413 bits per heavy atom. The van der Waals surface area contributed by atoms with Gasteiger partial charge in [-0.1, -0.05) is 146 Å². The Kier molecular flexibility index (Phi) is 8.29. The van der Waals surface area contributed by atoms with Crippen molar-refractivity contribution < 1.29 is 4.42 Å². The van der Waals surface area contributed by atoms with E-state index < -0.39 is 6.17 Å². The molecule has 0 radical (unpaired) electrons. The van der Waals surface area contributed by atoms with Gasteiger partial charge >= 0.3 is 0 Å². The molecule has 0 aliphatic carbocycles. The summed E-state index contributed by atoms with van der Waals surface area (Å²) in [5.41, 5.74) is 11.5. The maximum atomic E-state index is 7.03. The van der Waals surface area contributed by atoms with Crippen molar-refractivity contribution in [1.82, 2.24) is 5.32 Å². The van der Waals surface area contributed by atoms with E-state index in [1.165, 1.54) is 45.9 Å². The standard InChI is InChI=1S/C57H35N3OS2/c1-3-12-34(13-4-1)35-22-24-37(25-23-35)56-58-55(36-14-5-2-6-15-36)59-57(60-56)43-18-11-19-48-53(43)47-33-40(38-26-28-51-45(30-38)41-16-7-9-20-49(41)62-51)32-44(54(47)61-48)39-27-29-52-46(31-39)42-17-8-10-21-50(42)63-52/h1-33,57H,(H,58,59,60). The lowest BCUT2D eigenvalue weighted by atomic mass is 9.93. The lowest BCUT2D eigenvalue weighted by molar-refractivity contribution is 0.663. The van der Waals surface area contributed by atoms with Gasteiger partial charge in [0, 0.05) is 73.4 Å². The number of benzene rings is 9. The van der Waals surface area contributed by atoms with Crippen molar-refractivity contribution in [2.24, 2.45) is 9.98 Å². The van der Waals surface area contributed by atoms with Crippen molar-refractivity contribution in [3.63, 3.8) is 0 Å². The molecule has 3 aromatic heterocycles. The van der Waals surface area contributed by atoms with E-state index in [2.05, 4.69) is 181 Å². The summed E-state index contributed by atoms with van der Waals surface area (Å²) in [5.74, 6) is 1.45. The van der Waals surface area contributed by atoms with Crippen LogP contribution in [-0.4, -0.2) is 11.7 Å². The first-order chi connectivity index (χ1) is 31.2. The van der Waals surface area contributed by atoms with Crippen LogP contribution in [0, 0.1) is 0 Å². The molecular weight excluding hydrogens is 807 g/mol. The monoisotopic (exact) mass is 841 g/mol. The topological polar surface area (TPSA) is 49.9 Å². The van der Waals surface area contributed by atoms with Gasteiger partial charge in [-0.2, -0.15) is 0 Å². The first-order valence-corrected chi connectivity index (χ1v) is 22.8. The SMILES string of the molecule is c1ccc(C2=NC(c3cccc4oc5c(-c6ccc7sc8ccccc8c7c6)cc(-c6ccc7sc8ccccc8c7c6)cc5c34)NC(c3ccc(-c4ccccc4)cc3)=N2)cc1. The molecule has 1 atom stereocenters. The number of amidine groups is 2. The molecule has 0 amide bonds. The average molecular weight is 842 g/mol. The van der Waals surface area contributed by atoms with Gasteiger partial charge in [0.25, 0.3) is 0 Å². The van der Waals surface area contributed by atoms with Crippen molar-refractivity contribution >= 4 is 96.6 Å². The van der Waals surface area contributed by atoms with Crippen molar-refractivity contribution in [3.8, 4) is 33.4 Å². The Bertz CT molecular complexity index is 3820. The smallest absolute Gasteiger partial charge is 0.159 e. The molecule has 6 heteroatoms. The van der Waals surface area contributed by atoms with Crippen LogP contribution in [-0.2, 0) is 0 Å². The Hall–Kier alpha value is -7.64. The molecule has 1 N–H and O–H groups in total. The van der Waals surface area contributed by atoms with Crippen LogP contribution >= 0.6 is 22.7 Å². The molecule has 0 spiro atoms. The number of thiophene rings is 2. The first kappa shape index (κ1) is 36.1. The highest BCUT2D eigenvalue weighted by Gasteiger charge is 2.26. The zero-order valence-corrected chi connectivity index (χ0v) is 35.4. The second-order valence-electron chi connectivity index (χ2n) is 16.1. The van der Waals surface area contributed by atoms with Crippen molar-refractivity contribution in [1.29, 1.82) is 0 Å². The van der Waals surface area contributed by atoms with Crippen LogP contribution < -0.4 is 5.32 Å². The van der Waals surface area contributed by atoms with Crippen LogP contribution in [0.1, 0.15) is 22.9 Å². The van der Waals surface area contributed by atoms with Gasteiger partial charge in [-0.3, -0.25) is 0 Å².